The van der Waals surface area contributed by atoms with Crippen molar-refractivity contribution in [3.63, 3.8) is 0 Å². The van der Waals surface area contributed by atoms with Gasteiger partial charge < -0.3 is 0 Å². The van der Waals surface area contributed by atoms with Crippen molar-refractivity contribution in [1.82, 2.24) is 20.4 Å². The lowest BCUT2D eigenvalue weighted by Crippen LogP contribution is -1.88. The third-order valence-electron chi connectivity index (χ3n) is 5.07. The summed E-state index contributed by atoms with van der Waals surface area (Å²) in [5.41, 5.74) is 9.43. The zero-order valence-electron chi connectivity index (χ0n) is 16.9. The van der Waals surface area contributed by atoms with Gasteiger partial charge in [-0.3, -0.25) is 10.2 Å². The van der Waals surface area contributed by atoms with Crippen molar-refractivity contribution in [2.45, 2.75) is 59.8 Å². The molecule has 0 saturated carbocycles. The summed E-state index contributed by atoms with van der Waals surface area (Å²) in [7, 11) is 0. The molecule has 0 aromatic carbocycles. The van der Waals surface area contributed by atoms with Crippen LogP contribution in [0.1, 0.15) is 66.0 Å². The number of aryl methyl sites for hydroxylation is 4. The first-order valence-corrected chi connectivity index (χ1v) is 9.85. The Hall–Kier alpha value is -2.62. The van der Waals surface area contributed by atoms with E-state index in [1.54, 1.807) is 0 Å². The van der Waals surface area contributed by atoms with Gasteiger partial charge in [0.1, 0.15) is 0 Å². The molecule has 2 heterocycles. The summed E-state index contributed by atoms with van der Waals surface area (Å²) in [5, 5.41) is 15.0. The number of hydrogen-bond donors (Lipinski definition) is 2. The highest BCUT2D eigenvalue weighted by atomic mass is 15.1. The molecule has 3 rings (SSSR count). The van der Waals surface area contributed by atoms with Gasteiger partial charge in [0, 0.05) is 22.5 Å². The molecule has 27 heavy (non-hydrogen) atoms. The van der Waals surface area contributed by atoms with Crippen LogP contribution < -0.4 is 0 Å². The fourth-order valence-electron chi connectivity index (χ4n) is 3.71. The van der Waals surface area contributed by atoms with Crippen LogP contribution in [-0.2, 0) is 0 Å². The lowest BCUT2D eigenvalue weighted by Gasteiger charge is -2.05. The van der Waals surface area contributed by atoms with Crippen LogP contribution in [-0.4, -0.2) is 20.4 Å². The zero-order chi connectivity index (χ0) is 19.2. The molecule has 0 aliphatic heterocycles. The third-order valence-corrected chi connectivity index (χ3v) is 5.07. The summed E-state index contributed by atoms with van der Waals surface area (Å²) in [6, 6.07) is 0. The van der Waals surface area contributed by atoms with Crippen molar-refractivity contribution >= 4 is 11.1 Å². The second kappa shape index (κ2) is 8.85. The Morgan fingerprint density at radius 1 is 0.667 bits per heavy atom. The van der Waals surface area contributed by atoms with Crippen LogP contribution in [0.4, 0.5) is 0 Å². The van der Waals surface area contributed by atoms with E-state index in [1.807, 2.05) is 0 Å². The Labute approximate surface area is 162 Å². The van der Waals surface area contributed by atoms with Gasteiger partial charge in [-0.05, 0) is 70.9 Å². The summed E-state index contributed by atoms with van der Waals surface area (Å²) in [6.07, 6.45) is 19.1. The number of allylic oxidation sites excluding steroid dienone is 8. The monoisotopic (exact) mass is 362 g/mol. The van der Waals surface area contributed by atoms with E-state index in [0.29, 0.717) is 0 Å². The molecule has 1 aliphatic carbocycles. The molecule has 0 fully saturated rings. The number of aromatic amines is 2. The molecule has 2 aromatic rings. The molecule has 2 N–H and O–H groups in total. The van der Waals surface area contributed by atoms with Crippen LogP contribution >= 0.6 is 0 Å². The van der Waals surface area contributed by atoms with E-state index in [1.165, 1.54) is 22.3 Å². The van der Waals surface area contributed by atoms with Gasteiger partial charge in [0.05, 0.1) is 11.4 Å². The van der Waals surface area contributed by atoms with E-state index >= 15 is 0 Å². The minimum absolute atomic E-state index is 0.997. The molecule has 1 aliphatic rings. The predicted molar refractivity (Wildman–Crippen MR) is 113 cm³/mol. The van der Waals surface area contributed by atoms with Gasteiger partial charge in [-0.1, -0.05) is 36.5 Å². The van der Waals surface area contributed by atoms with Crippen LogP contribution in [0.25, 0.3) is 11.1 Å². The fourth-order valence-corrected chi connectivity index (χ4v) is 3.71. The van der Waals surface area contributed by atoms with Gasteiger partial charge in [-0.2, -0.15) is 10.2 Å². The van der Waals surface area contributed by atoms with Gasteiger partial charge in [-0.25, -0.2) is 0 Å². The Balaban J connectivity index is 1.90. The van der Waals surface area contributed by atoms with Gasteiger partial charge in [0.25, 0.3) is 0 Å². The van der Waals surface area contributed by atoms with Crippen LogP contribution in [0.3, 0.4) is 0 Å². The number of rotatable bonds is 2. The summed E-state index contributed by atoms with van der Waals surface area (Å²) in [6.45, 7) is 8.33. The van der Waals surface area contributed by atoms with Crippen molar-refractivity contribution in [2.75, 3.05) is 0 Å². The minimum Gasteiger partial charge on any atom is -0.282 e. The Bertz CT molecular complexity index is 790. The van der Waals surface area contributed by atoms with E-state index < -0.39 is 0 Å². The Morgan fingerprint density at radius 2 is 1.11 bits per heavy atom. The second-order valence-electron chi connectivity index (χ2n) is 7.25. The molecule has 142 valence electrons. The quantitative estimate of drug-likeness (QED) is 0.697. The number of nitrogens with zero attached hydrogens (tertiary/aromatic N) is 2. The molecule has 0 unspecified atom stereocenters. The molecule has 0 spiro atoms. The lowest BCUT2D eigenvalue weighted by atomic mass is 9.99. The molecule has 0 amide bonds. The zero-order valence-corrected chi connectivity index (χ0v) is 16.9. The summed E-state index contributed by atoms with van der Waals surface area (Å²) in [4.78, 5) is 0. The largest absolute Gasteiger partial charge is 0.282 e. The lowest BCUT2D eigenvalue weighted by molar-refractivity contribution is 0.868. The number of hydrogen-bond acceptors (Lipinski definition) is 2. The van der Waals surface area contributed by atoms with Crippen molar-refractivity contribution in [2.24, 2.45) is 0 Å². The summed E-state index contributed by atoms with van der Waals surface area (Å²) >= 11 is 0. The highest BCUT2D eigenvalue weighted by molar-refractivity contribution is 5.78. The number of H-pyrrole nitrogens is 2. The highest BCUT2D eigenvalue weighted by Crippen LogP contribution is 2.26. The summed E-state index contributed by atoms with van der Waals surface area (Å²) in [5.74, 6) is 0. The molecule has 0 radical (unpaired) electrons. The highest BCUT2D eigenvalue weighted by Gasteiger charge is 2.11. The van der Waals surface area contributed by atoms with Crippen molar-refractivity contribution in [1.29, 1.82) is 0 Å². The maximum Gasteiger partial charge on any atom is 0.0672 e. The molecule has 0 bridgehead atoms. The normalized spacial score (nSPS) is 22.5. The van der Waals surface area contributed by atoms with Crippen LogP contribution in [0.2, 0.25) is 0 Å². The van der Waals surface area contributed by atoms with E-state index in [4.69, 9.17) is 0 Å². The maximum absolute atomic E-state index is 4.37. The second-order valence-corrected chi connectivity index (χ2v) is 7.25. The van der Waals surface area contributed by atoms with E-state index in [-0.39, 0.29) is 0 Å². The van der Waals surface area contributed by atoms with Gasteiger partial charge >= 0.3 is 0 Å². The van der Waals surface area contributed by atoms with Gasteiger partial charge in [0.15, 0.2) is 0 Å². The van der Waals surface area contributed by atoms with E-state index in [9.17, 15) is 0 Å². The molecule has 4 nitrogen and oxygen atoms in total. The van der Waals surface area contributed by atoms with E-state index in [0.717, 1.165) is 54.9 Å². The average Bonchev–Trinajstić information content (AvgIpc) is 3.15. The van der Waals surface area contributed by atoms with Gasteiger partial charge in [0.2, 0.25) is 0 Å². The minimum atomic E-state index is 0.997. The average molecular weight is 363 g/mol. The van der Waals surface area contributed by atoms with Crippen LogP contribution in [0.5, 0.6) is 0 Å². The molecule has 2 aromatic heterocycles. The predicted octanol–water partition coefficient (Wildman–Crippen LogP) is 5.91. The topological polar surface area (TPSA) is 57.4 Å². The smallest absolute Gasteiger partial charge is 0.0672 e. The molecule has 4 heteroatoms. The van der Waals surface area contributed by atoms with Crippen molar-refractivity contribution in [3.8, 4) is 0 Å². The van der Waals surface area contributed by atoms with Crippen molar-refractivity contribution in [3.05, 3.63) is 70.4 Å². The standard InChI is InChI=1S/C23H30N4/c1-16-22(17(2)25-24-16)20-12-8-6-5-7-9-13-21(15-11-10-14-20)23-18(3)26-27-19(23)4/h8-9,12-15H,5-7,10-11H2,1-4H3,(H,24,25)(H,26,27)/b12-8-,13-9-,20-14+,21-15+. The first kappa shape index (κ1) is 19.2. The number of nitrogens with one attached hydrogen (secondary N) is 2. The van der Waals surface area contributed by atoms with E-state index in [2.05, 4.69) is 84.5 Å². The maximum atomic E-state index is 4.37. The van der Waals surface area contributed by atoms with Gasteiger partial charge in [-0.15, -0.1) is 0 Å². The third kappa shape index (κ3) is 4.57. The SMILES string of the molecule is Cc1n[nH]c(C)c1C1=C/CC/C=C(c2c(C)n[nH]c2C)\C=C/CCC/C=C\1. The molecular weight excluding hydrogens is 332 g/mol. The van der Waals surface area contributed by atoms with Crippen LogP contribution in [0.15, 0.2) is 36.5 Å². The first-order valence-electron chi connectivity index (χ1n) is 9.85. The van der Waals surface area contributed by atoms with Crippen molar-refractivity contribution < 1.29 is 0 Å². The Kier molecular flexibility index (Phi) is 6.28. The fraction of sp³-hybridized carbons (Fsp3) is 0.391. The first-order chi connectivity index (χ1) is 13.1. The molecular formula is C23H30N4. The molecule has 0 saturated heterocycles. The summed E-state index contributed by atoms with van der Waals surface area (Å²) < 4.78 is 0. The molecule has 0 atom stereocenters. The van der Waals surface area contributed by atoms with Crippen LogP contribution in [0, 0.1) is 27.7 Å². The Morgan fingerprint density at radius 3 is 1.48 bits per heavy atom. The number of aromatic nitrogens is 4.